The van der Waals surface area contributed by atoms with Crippen LogP contribution >= 0.6 is 35.3 Å². The van der Waals surface area contributed by atoms with Gasteiger partial charge in [0.05, 0.1) is 26.8 Å². The number of piperidine rings is 1. The minimum atomic E-state index is 0. The van der Waals surface area contributed by atoms with Crippen LogP contribution in [0.4, 0.5) is 0 Å². The second-order valence-corrected chi connectivity index (χ2v) is 8.50. The van der Waals surface area contributed by atoms with E-state index in [0.29, 0.717) is 30.0 Å². The Labute approximate surface area is 200 Å². The highest BCUT2D eigenvalue weighted by atomic mass is 127. The minimum absolute atomic E-state index is 0. The molecule has 2 aromatic rings. The smallest absolute Gasteiger partial charge is 0.188 e. The fraction of sp³-hybridized carbons (Fsp3) is 0.500. The second-order valence-electron chi connectivity index (χ2n) is 7.52. The van der Waals surface area contributed by atoms with Gasteiger partial charge in [0.25, 0.3) is 0 Å². The van der Waals surface area contributed by atoms with Crippen molar-refractivity contribution in [3.63, 3.8) is 0 Å². The van der Waals surface area contributed by atoms with Crippen LogP contribution in [-0.4, -0.2) is 44.7 Å². The molecule has 0 radical (unpaired) electrons. The number of benzene rings is 1. The van der Waals surface area contributed by atoms with Crippen LogP contribution in [0.25, 0.3) is 0 Å². The van der Waals surface area contributed by atoms with E-state index in [9.17, 15) is 0 Å². The molecule has 3 N–H and O–H groups in total. The van der Waals surface area contributed by atoms with Crippen LogP contribution in [0.15, 0.2) is 40.7 Å². The molecule has 1 saturated heterocycles. The van der Waals surface area contributed by atoms with Crippen molar-refractivity contribution in [1.82, 2.24) is 10.2 Å². The molecule has 1 aliphatic heterocycles. The fourth-order valence-electron chi connectivity index (χ4n) is 3.64. The fourth-order valence-corrected chi connectivity index (χ4v) is 4.50. The summed E-state index contributed by atoms with van der Waals surface area (Å²) >= 11 is 1.81. The highest BCUT2D eigenvalue weighted by Gasteiger charge is 2.25. The number of methoxy groups -OCH3 is 2. The lowest BCUT2D eigenvalue weighted by Crippen LogP contribution is -2.43. The maximum Gasteiger partial charge on any atom is 0.188 e. The van der Waals surface area contributed by atoms with E-state index in [1.54, 1.807) is 25.6 Å². The van der Waals surface area contributed by atoms with Gasteiger partial charge in [-0.25, -0.2) is 4.99 Å². The topological polar surface area (TPSA) is 72.1 Å². The molecule has 0 spiro atoms. The average molecular weight is 545 g/mol. The standard InChI is InChI=1S/C22H32N4O2S.HI/c1-16-8-10-26(11-9-16)18(21-5-4-12-29-21)15-25-22(23)24-14-17-6-7-19(27-2)20(13-17)28-3;/h4-7,12-13,16,18H,8-11,14-15H2,1-3H3,(H3,23,24,25);1H. The quantitative estimate of drug-likeness (QED) is 0.295. The number of nitrogens with two attached hydrogens (primary N) is 1. The van der Waals surface area contributed by atoms with Crippen LogP contribution in [0.2, 0.25) is 0 Å². The highest BCUT2D eigenvalue weighted by molar-refractivity contribution is 14.0. The lowest BCUT2D eigenvalue weighted by atomic mass is 9.97. The number of nitrogens with zero attached hydrogens (tertiary/aromatic N) is 2. The first-order chi connectivity index (χ1) is 14.1. The van der Waals surface area contributed by atoms with Crippen molar-refractivity contribution >= 4 is 41.3 Å². The van der Waals surface area contributed by atoms with Crippen molar-refractivity contribution in [1.29, 1.82) is 0 Å². The van der Waals surface area contributed by atoms with Gasteiger partial charge in [-0.2, -0.15) is 0 Å². The normalized spacial score (nSPS) is 16.6. The molecule has 6 nitrogen and oxygen atoms in total. The number of rotatable bonds is 8. The zero-order chi connectivity index (χ0) is 20.6. The molecule has 0 saturated carbocycles. The van der Waals surface area contributed by atoms with Crippen molar-refractivity contribution in [2.75, 3.05) is 33.9 Å². The summed E-state index contributed by atoms with van der Waals surface area (Å²) in [5, 5.41) is 5.48. The van der Waals surface area contributed by atoms with Gasteiger partial charge in [-0.1, -0.05) is 19.1 Å². The Morgan fingerprint density at radius 2 is 1.97 bits per heavy atom. The van der Waals surface area contributed by atoms with Gasteiger partial charge in [-0.05, 0) is 61.0 Å². The summed E-state index contributed by atoms with van der Waals surface area (Å²) in [6.07, 6.45) is 2.51. The first kappa shape index (κ1) is 24.7. The molecule has 0 aliphatic carbocycles. The number of thiophene rings is 1. The molecule has 3 rings (SSSR count). The molecule has 8 heteroatoms. The maximum atomic E-state index is 6.17. The molecule has 1 aromatic carbocycles. The first-order valence-corrected chi connectivity index (χ1v) is 11.0. The SMILES string of the molecule is COc1ccc(CN=C(N)NCC(c2cccs2)N2CCC(C)CC2)cc1OC.I. The monoisotopic (exact) mass is 544 g/mol. The number of nitrogens with one attached hydrogen (secondary N) is 1. The van der Waals surface area contributed by atoms with Gasteiger partial charge in [0.2, 0.25) is 0 Å². The zero-order valence-electron chi connectivity index (χ0n) is 18.0. The molecule has 0 bridgehead atoms. The zero-order valence-corrected chi connectivity index (χ0v) is 21.1. The number of aliphatic imine (C=N–C) groups is 1. The number of hydrogen-bond donors (Lipinski definition) is 2. The van der Waals surface area contributed by atoms with E-state index in [4.69, 9.17) is 15.2 Å². The van der Waals surface area contributed by atoms with Crippen LogP contribution in [-0.2, 0) is 6.54 Å². The van der Waals surface area contributed by atoms with Crippen molar-refractivity contribution in [2.24, 2.45) is 16.6 Å². The molecule has 1 unspecified atom stereocenters. The molecule has 1 aliphatic rings. The molecule has 1 aromatic heterocycles. The predicted molar refractivity (Wildman–Crippen MR) is 135 cm³/mol. The molecular formula is C22H33IN4O2S. The van der Waals surface area contributed by atoms with Gasteiger partial charge in [-0.3, -0.25) is 4.90 Å². The van der Waals surface area contributed by atoms with Crippen molar-refractivity contribution < 1.29 is 9.47 Å². The Hall–Kier alpha value is -1.52. The Morgan fingerprint density at radius 3 is 2.60 bits per heavy atom. The summed E-state index contributed by atoms with van der Waals surface area (Å²) in [6.45, 7) is 5.86. The molecule has 1 atom stereocenters. The number of halogens is 1. The minimum Gasteiger partial charge on any atom is -0.493 e. The average Bonchev–Trinajstić information content (AvgIpc) is 3.28. The van der Waals surface area contributed by atoms with E-state index in [2.05, 4.69) is 39.6 Å². The van der Waals surface area contributed by atoms with E-state index in [0.717, 1.165) is 31.1 Å². The summed E-state index contributed by atoms with van der Waals surface area (Å²) in [5.41, 5.74) is 7.19. The number of hydrogen-bond acceptors (Lipinski definition) is 5. The van der Waals surface area contributed by atoms with Crippen LogP contribution in [0.5, 0.6) is 11.5 Å². The number of guanidine groups is 1. The van der Waals surface area contributed by atoms with E-state index < -0.39 is 0 Å². The van der Waals surface area contributed by atoms with Gasteiger partial charge in [0, 0.05) is 11.4 Å². The Bertz CT molecular complexity index is 792. The summed E-state index contributed by atoms with van der Waals surface area (Å²) in [7, 11) is 3.26. The van der Waals surface area contributed by atoms with E-state index >= 15 is 0 Å². The molecule has 166 valence electrons. The summed E-state index contributed by atoms with van der Waals surface area (Å²) in [6, 6.07) is 10.5. The van der Waals surface area contributed by atoms with Gasteiger partial charge >= 0.3 is 0 Å². The van der Waals surface area contributed by atoms with Crippen LogP contribution in [0.1, 0.15) is 36.2 Å². The first-order valence-electron chi connectivity index (χ1n) is 10.1. The molecule has 0 amide bonds. The van der Waals surface area contributed by atoms with Gasteiger partial charge < -0.3 is 20.5 Å². The van der Waals surface area contributed by atoms with Crippen molar-refractivity contribution in [3.05, 3.63) is 46.2 Å². The molecule has 30 heavy (non-hydrogen) atoms. The third-order valence-corrected chi connectivity index (χ3v) is 6.46. The van der Waals surface area contributed by atoms with Crippen LogP contribution in [0.3, 0.4) is 0 Å². The number of likely N-dealkylation sites (tertiary alicyclic amines) is 1. The Balaban J connectivity index is 0.00000320. The van der Waals surface area contributed by atoms with Crippen LogP contribution < -0.4 is 20.5 Å². The molecule has 2 heterocycles. The van der Waals surface area contributed by atoms with Gasteiger partial charge in [-0.15, -0.1) is 35.3 Å². The predicted octanol–water partition coefficient (Wildman–Crippen LogP) is 4.26. The second kappa shape index (κ2) is 12.4. The van der Waals surface area contributed by atoms with E-state index in [1.165, 1.54) is 17.7 Å². The van der Waals surface area contributed by atoms with Gasteiger partial charge in [0.15, 0.2) is 17.5 Å². The lowest BCUT2D eigenvalue weighted by Gasteiger charge is -2.36. The maximum absolute atomic E-state index is 6.17. The Morgan fingerprint density at radius 1 is 1.23 bits per heavy atom. The summed E-state index contributed by atoms with van der Waals surface area (Å²) in [4.78, 5) is 8.45. The molecule has 1 fully saturated rings. The van der Waals surface area contributed by atoms with Crippen molar-refractivity contribution in [3.8, 4) is 11.5 Å². The van der Waals surface area contributed by atoms with Crippen molar-refractivity contribution in [2.45, 2.75) is 32.4 Å². The largest absolute Gasteiger partial charge is 0.493 e. The number of ether oxygens (including phenoxy) is 2. The molecular weight excluding hydrogens is 511 g/mol. The summed E-state index contributed by atoms with van der Waals surface area (Å²) in [5.74, 6) is 2.69. The third kappa shape index (κ3) is 6.75. The van der Waals surface area contributed by atoms with E-state index in [1.807, 2.05) is 18.2 Å². The summed E-state index contributed by atoms with van der Waals surface area (Å²) < 4.78 is 10.6. The third-order valence-electron chi connectivity index (χ3n) is 5.49. The van der Waals surface area contributed by atoms with Gasteiger partial charge in [0.1, 0.15) is 0 Å². The lowest BCUT2D eigenvalue weighted by molar-refractivity contribution is 0.140. The van der Waals surface area contributed by atoms with E-state index in [-0.39, 0.29) is 24.0 Å². The Kier molecular flexibility index (Phi) is 10.2. The highest BCUT2D eigenvalue weighted by Crippen LogP contribution is 2.29. The van der Waals surface area contributed by atoms with Crippen LogP contribution in [0, 0.1) is 5.92 Å².